The molecule has 0 aromatic rings. The first-order chi connectivity index (χ1) is 5.92. The molecule has 0 aliphatic rings. The second-order valence-corrected chi connectivity index (χ2v) is 3.51. The van der Waals surface area contributed by atoms with E-state index in [9.17, 15) is 4.79 Å². The molecule has 0 unspecified atom stereocenters. The van der Waals surface area contributed by atoms with Crippen LogP contribution in [0.25, 0.3) is 0 Å². The minimum atomic E-state index is -0.750. The molecule has 0 heterocycles. The Labute approximate surface area is 91.9 Å². The van der Waals surface area contributed by atoms with Crippen LogP contribution in [0.2, 0.25) is 0 Å². The fraction of sp³-hybridized carbons (Fsp3) is 0.667. The molecule has 0 aromatic heterocycles. The van der Waals surface area contributed by atoms with Gasteiger partial charge >= 0.3 is 5.97 Å². The Bertz CT molecular complexity index is 119. The first-order valence-corrected chi connectivity index (χ1v) is 4.52. The summed E-state index contributed by atoms with van der Waals surface area (Å²) in [5.41, 5.74) is 4.17. The summed E-state index contributed by atoms with van der Waals surface area (Å²) in [6, 6.07) is 0. The van der Waals surface area contributed by atoms with Crippen LogP contribution < -0.4 is 5.73 Å². The van der Waals surface area contributed by atoms with Gasteiger partial charge in [0.2, 0.25) is 6.41 Å². The number of carbonyl (C=O) groups excluding carboxylic acids is 1. The van der Waals surface area contributed by atoms with E-state index in [1.165, 1.54) is 0 Å². The number of carboxylic acids is 1. The molecular weight excluding hydrogens is 240 g/mol. The van der Waals surface area contributed by atoms with Gasteiger partial charge in [-0.1, -0.05) is 41.7 Å². The predicted octanol–water partition coefficient (Wildman–Crippen LogP) is 1.96. The SMILES string of the molecule is CCCC(=O)O.ClC(Cl)Cl.NC=O. The van der Waals surface area contributed by atoms with E-state index in [1.54, 1.807) is 0 Å². The lowest BCUT2D eigenvalue weighted by Crippen LogP contribution is -1.90. The molecule has 0 atom stereocenters. The van der Waals surface area contributed by atoms with Crippen molar-refractivity contribution < 1.29 is 14.7 Å². The van der Waals surface area contributed by atoms with E-state index in [4.69, 9.17) is 44.7 Å². The number of hydrogen-bond acceptors (Lipinski definition) is 2. The number of carbonyl (C=O) groups is 2. The highest BCUT2D eigenvalue weighted by Gasteiger charge is 1.87. The fourth-order valence-electron chi connectivity index (χ4n) is 0.214. The highest BCUT2D eigenvalue weighted by atomic mass is 35.6. The lowest BCUT2D eigenvalue weighted by Gasteiger charge is -1.79. The molecule has 80 valence electrons. The van der Waals surface area contributed by atoms with Crippen molar-refractivity contribution in [1.29, 1.82) is 0 Å². The molecule has 0 aromatic carbocycles. The number of primary amides is 1. The van der Waals surface area contributed by atoms with E-state index < -0.39 is 10.3 Å². The van der Waals surface area contributed by atoms with Gasteiger partial charge in [0.15, 0.2) is 4.30 Å². The molecule has 1 amide bonds. The van der Waals surface area contributed by atoms with Crippen LogP contribution in [-0.4, -0.2) is 21.8 Å². The summed E-state index contributed by atoms with van der Waals surface area (Å²) in [5.74, 6) is -0.711. The average Bonchev–Trinajstić information content (AvgIpc) is 1.86. The first-order valence-electron chi connectivity index (χ1n) is 3.21. The molecule has 4 nitrogen and oxygen atoms in total. The Morgan fingerprint density at radius 3 is 1.77 bits per heavy atom. The summed E-state index contributed by atoms with van der Waals surface area (Å²) < 4.78 is -0.750. The van der Waals surface area contributed by atoms with Gasteiger partial charge in [0.1, 0.15) is 0 Å². The third-order valence-electron chi connectivity index (χ3n) is 0.464. The van der Waals surface area contributed by atoms with Gasteiger partial charge in [-0.3, -0.25) is 9.59 Å². The van der Waals surface area contributed by atoms with Crippen molar-refractivity contribution in [1.82, 2.24) is 0 Å². The number of alkyl halides is 3. The van der Waals surface area contributed by atoms with Crippen LogP contribution >= 0.6 is 34.8 Å². The summed E-state index contributed by atoms with van der Waals surface area (Å²) in [5, 5.41) is 7.91. The van der Waals surface area contributed by atoms with Crippen LogP contribution in [0.15, 0.2) is 0 Å². The molecule has 3 N–H and O–H groups in total. The summed E-state index contributed by atoms with van der Waals surface area (Å²) in [6.07, 6.45) is 1.27. The molecule has 0 bridgehead atoms. The Morgan fingerprint density at radius 1 is 1.54 bits per heavy atom. The normalized spacial score (nSPS) is 7.46. The van der Waals surface area contributed by atoms with Gasteiger partial charge in [-0.05, 0) is 6.42 Å². The lowest BCUT2D eigenvalue weighted by atomic mass is 10.4. The predicted molar refractivity (Wildman–Crippen MR) is 54.1 cm³/mol. The van der Waals surface area contributed by atoms with Crippen LogP contribution in [0, 0.1) is 0 Å². The van der Waals surface area contributed by atoms with E-state index in [-0.39, 0.29) is 6.41 Å². The molecule has 0 aliphatic carbocycles. The molecule has 0 fully saturated rings. The minimum absolute atomic E-state index is 0.250. The number of nitrogens with two attached hydrogens (primary N) is 1. The molecular formula is C6H12Cl3NO3. The van der Waals surface area contributed by atoms with Crippen LogP contribution in [-0.2, 0) is 9.59 Å². The largest absolute Gasteiger partial charge is 0.481 e. The van der Waals surface area contributed by atoms with E-state index in [0.717, 1.165) is 6.42 Å². The van der Waals surface area contributed by atoms with Crippen LogP contribution in [0.3, 0.4) is 0 Å². The molecule has 0 aliphatic heterocycles. The second-order valence-electron chi connectivity index (χ2n) is 1.53. The standard InChI is InChI=1S/C4H8O2.CHCl3.CH3NO/c1-2-3-4(5)6;2-1(3)4;2-1-3/h2-3H2,1H3,(H,5,6);1H;1H,(H2,2,3). The number of halogens is 3. The Morgan fingerprint density at radius 2 is 1.77 bits per heavy atom. The van der Waals surface area contributed by atoms with Gasteiger partial charge in [-0.2, -0.15) is 0 Å². The van der Waals surface area contributed by atoms with Gasteiger partial charge in [0.25, 0.3) is 0 Å². The van der Waals surface area contributed by atoms with Crippen molar-refractivity contribution in [2.24, 2.45) is 5.73 Å². The number of hydrogen-bond donors (Lipinski definition) is 2. The Hall–Kier alpha value is -0.190. The monoisotopic (exact) mass is 251 g/mol. The summed E-state index contributed by atoms with van der Waals surface area (Å²) in [7, 11) is 0. The molecule has 0 radical (unpaired) electrons. The van der Waals surface area contributed by atoms with Crippen molar-refractivity contribution in [2.45, 2.75) is 24.1 Å². The minimum Gasteiger partial charge on any atom is -0.481 e. The van der Waals surface area contributed by atoms with E-state index >= 15 is 0 Å². The molecule has 0 saturated carbocycles. The maximum atomic E-state index is 9.60. The number of amides is 1. The van der Waals surface area contributed by atoms with Crippen LogP contribution in [0.5, 0.6) is 0 Å². The number of carboxylic acid groups (broad SMARTS) is 1. The maximum Gasteiger partial charge on any atom is 0.303 e. The fourth-order valence-corrected chi connectivity index (χ4v) is 0.214. The van der Waals surface area contributed by atoms with Crippen molar-refractivity contribution in [3.8, 4) is 0 Å². The van der Waals surface area contributed by atoms with Crippen LogP contribution in [0.1, 0.15) is 19.8 Å². The summed E-state index contributed by atoms with van der Waals surface area (Å²) in [4.78, 5) is 18.2. The van der Waals surface area contributed by atoms with Crippen LogP contribution in [0.4, 0.5) is 0 Å². The Balaban J connectivity index is -0.000000125. The van der Waals surface area contributed by atoms with E-state index in [1.807, 2.05) is 6.92 Å². The topological polar surface area (TPSA) is 80.4 Å². The van der Waals surface area contributed by atoms with Gasteiger partial charge < -0.3 is 10.8 Å². The lowest BCUT2D eigenvalue weighted by molar-refractivity contribution is -0.137. The number of aliphatic carboxylic acids is 1. The zero-order valence-electron chi connectivity index (χ0n) is 7.04. The smallest absolute Gasteiger partial charge is 0.303 e. The van der Waals surface area contributed by atoms with Gasteiger partial charge in [-0.25, -0.2) is 0 Å². The Kier molecular flexibility index (Phi) is 25.4. The number of rotatable bonds is 2. The highest BCUT2D eigenvalue weighted by molar-refractivity contribution is 6.63. The van der Waals surface area contributed by atoms with Gasteiger partial charge in [0, 0.05) is 6.42 Å². The highest BCUT2D eigenvalue weighted by Crippen LogP contribution is 2.03. The molecule has 0 rings (SSSR count). The third-order valence-corrected chi connectivity index (χ3v) is 0.464. The first kappa shape index (κ1) is 18.6. The zero-order chi connectivity index (χ0) is 11.3. The molecule has 0 spiro atoms. The molecule has 13 heavy (non-hydrogen) atoms. The van der Waals surface area contributed by atoms with Gasteiger partial charge in [0.05, 0.1) is 0 Å². The van der Waals surface area contributed by atoms with Crippen molar-refractivity contribution >= 4 is 47.2 Å². The second kappa shape index (κ2) is 17.8. The molecule has 0 saturated heterocycles. The summed E-state index contributed by atoms with van der Waals surface area (Å²) >= 11 is 14.4. The zero-order valence-corrected chi connectivity index (χ0v) is 9.31. The van der Waals surface area contributed by atoms with Crippen molar-refractivity contribution in [2.75, 3.05) is 0 Å². The van der Waals surface area contributed by atoms with E-state index in [0.29, 0.717) is 6.42 Å². The molecule has 7 heteroatoms. The third kappa shape index (κ3) is 144. The van der Waals surface area contributed by atoms with Gasteiger partial charge in [-0.15, -0.1) is 0 Å². The maximum absolute atomic E-state index is 9.60. The van der Waals surface area contributed by atoms with Crippen molar-refractivity contribution in [3.63, 3.8) is 0 Å². The van der Waals surface area contributed by atoms with Crippen molar-refractivity contribution in [3.05, 3.63) is 0 Å². The quantitative estimate of drug-likeness (QED) is 0.582. The van der Waals surface area contributed by atoms with E-state index in [2.05, 4.69) is 5.73 Å². The average molecular weight is 253 g/mol. The summed E-state index contributed by atoms with van der Waals surface area (Å²) in [6.45, 7) is 1.84.